The number of hydrogen-bond acceptors (Lipinski definition) is 5. The Kier molecular flexibility index (Phi) is 5.26. The topological polar surface area (TPSA) is 82.3 Å². The van der Waals surface area contributed by atoms with Crippen molar-refractivity contribution in [3.8, 4) is 6.19 Å². The Morgan fingerprint density at radius 3 is 2.48 bits per heavy atom. The largest absolute Gasteiger partial charge is 0.271 e. The summed E-state index contributed by atoms with van der Waals surface area (Å²) in [5.41, 5.74) is 0.618. The quantitative estimate of drug-likeness (QED) is 0.400. The highest BCUT2D eigenvalue weighted by Crippen LogP contribution is 2.30. The van der Waals surface area contributed by atoms with Crippen LogP contribution in [0.1, 0.15) is 25.7 Å². The Hall–Kier alpha value is -1.52. The fraction of sp³-hybridized carbons (Fsp3) is 0.429. The maximum absolute atomic E-state index is 12.4. The fourth-order valence-corrected chi connectivity index (χ4v) is 4.59. The molecule has 0 atom stereocenters. The van der Waals surface area contributed by atoms with Gasteiger partial charge in [0.2, 0.25) is 0 Å². The molecule has 1 aromatic rings. The van der Waals surface area contributed by atoms with E-state index in [-0.39, 0.29) is 5.25 Å². The maximum Gasteiger partial charge on any atom is 0.183 e. The molecule has 7 heteroatoms. The molecular formula is C14H17N3O2S2. The summed E-state index contributed by atoms with van der Waals surface area (Å²) in [5.74, 6) is 0. The van der Waals surface area contributed by atoms with Crippen molar-refractivity contribution in [2.24, 2.45) is 4.99 Å². The van der Waals surface area contributed by atoms with Gasteiger partial charge >= 0.3 is 0 Å². The first-order chi connectivity index (χ1) is 10.1. The number of thioether (sulfide) groups is 1. The highest BCUT2D eigenvalue weighted by atomic mass is 32.2. The minimum atomic E-state index is -3.22. The van der Waals surface area contributed by atoms with Gasteiger partial charge in [-0.1, -0.05) is 24.6 Å². The van der Waals surface area contributed by atoms with E-state index in [0.29, 0.717) is 15.8 Å². The van der Waals surface area contributed by atoms with Gasteiger partial charge in [-0.2, -0.15) is 5.26 Å². The predicted octanol–water partition coefficient (Wildman–Crippen LogP) is 2.82. The van der Waals surface area contributed by atoms with Gasteiger partial charge in [0, 0.05) is 0 Å². The van der Waals surface area contributed by atoms with E-state index in [1.807, 2.05) is 12.4 Å². The summed E-state index contributed by atoms with van der Waals surface area (Å²) in [7, 11) is -3.22. The molecule has 1 aliphatic carbocycles. The van der Waals surface area contributed by atoms with E-state index in [0.717, 1.165) is 25.7 Å². The second-order valence-corrected chi connectivity index (χ2v) is 7.83. The fourth-order valence-electron chi connectivity index (χ4n) is 2.39. The summed E-state index contributed by atoms with van der Waals surface area (Å²) in [5, 5.41) is 11.3. The van der Waals surface area contributed by atoms with Gasteiger partial charge in [0.1, 0.15) is 0 Å². The number of nitrogens with one attached hydrogen (secondary N) is 1. The number of amidine groups is 1. The van der Waals surface area contributed by atoms with Gasteiger partial charge in [0.25, 0.3) is 0 Å². The molecule has 0 aromatic heterocycles. The number of nitrogens with zero attached hydrogens (tertiary/aromatic N) is 2. The van der Waals surface area contributed by atoms with Crippen molar-refractivity contribution >= 4 is 32.5 Å². The third-order valence-electron chi connectivity index (χ3n) is 3.49. The molecule has 1 N–H and O–H groups in total. The summed E-state index contributed by atoms with van der Waals surface area (Å²) in [6.07, 6.45) is 7.11. The van der Waals surface area contributed by atoms with Gasteiger partial charge < -0.3 is 0 Å². The van der Waals surface area contributed by atoms with Gasteiger partial charge in [0.05, 0.1) is 15.8 Å². The molecule has 0 bridgehead atoms. The van der Waals surface area contributed by atoms with Crippen LogP contribution >= 0.6 is 11.8 Å². The number of sulfone groups is 1. The minimum Gasteiger partial charge on any atom is -0.271 e. The molecule has 1 saturated carbocycles. The molecule has 112 valence electrons. The maximum atomic E-state index is 12.4. The molecule has 0 spiro atoms. The average molecular weight is 323 g/mol. The number of rotatable bonds is 3. The molecular weight excluding hydrogens is 306 g/mol. The standard InChI is InChI=1S/C14H17N3O2S2/c1-20-14(16-10-15)17-11-6-8-13(9-7-11)21(18,19)12-4-2-3-5-12/h6-9,12H,2-5H2,1H3,(H,16,17). The molecule has 1 aromatic carbocycles. The number of benzene rings is 1. The average Bonchev–Trinajstić information content (AvgIpc) is 3.02. The first-order valence-corrected chi connectivity index (χ1v) is 9.47. The molecule has 0 heterocycles. The third kappa shape index (κ3) is 3.77. The Labute approximate surface area is 129 Å². The van der Waals surface area contributed by atoms with Crippen LogP contribution < -0.4 is 5.32 Å². The Balaban J connectivity index is 2.21. The highest BCUT2D eigenvalue weighted by Gasteiger charge is 2.29. The highest BCUT2D eigenvalue weighted by molar-refractivity contribution is 8.13. The zero-order valence-corrected chi connectivity index (χ0v) is 13.4. The number of hydrogen-bond donors (Lipinski definition) is 1. The summed E-state index contributed by atoms with van der Waals surface area (Å²) >= 11 is 1.32. The summed E-state index contributed by atoms with van der Waals surface area (Å²) in [4.78, 5) is 4.59. The van der Waals surface area contributed by atoms with Gasteiger partial charge in [0.15, 0.2) is 21.2 Å². The molecule has 2 rings (SSSR count). The van der Waals surface area contributed by atoms with Crippen molar-refractivity contribution in [2.75, 3.05) is 6.26 Å². The van der Waals surface area contributed by atoms with Crippen LogP contribution in [0.4, 0.5) is 5.69 Å². The molecule has 0 saturated heterocycles. The zero-order chi connectivity index (χ0) is 15.3. The molecule has 5 nitrogen and oxygen atoms in total. The van der Waals surface area contributed by atoms with Gasteiger partial charge in [-0.05, 0) is 43.4 Å². The van der Waals surface area contributed by atoms with Crippen LogP contribution in [0.25, 0.3) is 0 Å². The van der Waals surface area contributed by atoms with E-state index < -0.39 is 9.84 Å². The van der Waals surface area contributed by atoms with Crippen LogP contribution in [0.5, 0.6) is 0 Å². The molecule has 21 heavy (non-hydrogen) atoms. The molecule has 0 amide bonds. The summed E-state index contributed by atoms with van der Waals surface area (Å²) in [6.45, 7) is 0. The van der Waals surface area contributed by atoms with Crippen molar-refractivity contribution in [3.05, 3.63) is 24.3 Å². The third-order valence-corrected chi connectivity index (χ3v) is 6.35. The van der Waals surface area contributed by atoms with Crippen molar-refractivity contribution in [1.29, 1.82) is 5.26 Å². The van der Waals surface area contributed by atoms with Crippen LogP contribution in [-0.4, -0.2) is 25.1 Å². The Morgan fingerprint density at radius 2 is 1.95 bits per heavy atom. The van der Waals surface area contributed by atoms with E-state index in [2.05, 4.69) is 10.3 Å². The SMILES string of the molecule is CSC(=Nc1ccc(S(=O)(=O)C2CCCC2)cc1)NC#N. The smallest absolute Gasteiger partial charge is 0.183 e. The number of nitriles is 1. The van der Waals surface area contributed by atoms with Crippen LogP contribution in [0.2, 0.25) is 0 Å². The van der Waals surface area contributed by atoms with Gasteiger partial charge in [-0.25, -0.2) is 13.4 Å². The van der Waals surface area contributed by atoms with E-state index in [1.54, 1.807) is 24.3 Å². The summed E-state index contributed by atoms with van der Waals surface area (Å²) in [6, 6.07) is 6.52. The first kappa shape index (κ1) is 15.9. The lowest BCUT2D eigenvalue weighted by atomic mass is 10.3. The van der Waals surface area contributed by atoms with Crippen LogP contribution in [-0.2, 0) is 9.84 Å². The molecule has 0 radical (unpaired) electrons. The molecule has 0 aliphatic heterocycles. The second-order valence-electron chi connectivity index (χ2n) is 4.80. The lowest BCUT2D eigenvalue weighted by molar-refractivity contribution is 0.579. The normalized spacial score (nSPS) is 16.7. The van der Waals surface area contributed by atoms with Crippen molar-refractivity contribution in [1.82, 2.24) is 5.32 Å². The van der Waals surface area contributed by atoms with Gasteiger partial charge in [-0.15, -0.1) is 0 Å². The second kappa shape index (κ2) is 6.96. The lowest BCUT2D eigenvalue weighted by Gasteiger charge is -2.11. The Bertz CT molecular complexity index is 654. The van der Waals surface area contributed by atoms with Crippen LogP contribution in [0.3, 0.4) is 0 Å². The van der Waals surface area contributed by atoms with Crippen molar-refractivity contribution < 1.29 is 8.42 Å². The lowest BCUT2D eigenvalue weighted by Crippen LogP contribution is -2.17. The first-order valence-electron chi connectivity index (χ1n) is 6.69. The monoisotopic (exact) mass is 323 g/mol. The van der Waals surface area contributed by atoms with E-state index in [9.17, 15) is 8.42 Å². The molecule has 1 aliphatic rings. The molecule has 0 unspecified atom stereocenters. The van der Waals surface area contributed by atoms with E-state index >= 15 is 0 Å². The van der Waals surface area contributed by atoms with Crippen LogP contribution in [0, 0.1) is 11.5 Å². The summed E-state index contributed by atoms with van der Waals surface area (Å²) < 4.78 is 24.9. The number of aliphatic imine (C=N–C) groups is 1. The predicted molar refractivity (Wildman–Crippen MR) is 85.2 cm³/mol. The minimum absolute atomic E-state index is 0.242. The Morgan fingerprint density at radius 1 is 1.33 bits per heavy atom. The van der Waals surface area contributed by atoms with Crippen LogP contribution in [0.15, 0.2) is 34.2 Å². The molecule has 1 fully saturated rings. The zero-order valence-electron chi connectivity index (χ0n) is 11.7. The van der Waals surface area contributed by atoms with E-state index in [1.165, 1.54) is 11.8 Å². The van der Waals surface area contributed by atoms with Crippen molar-refractivity contribution in [2.45, 2.75) is 35.8 Å². The van der Waals surface area contributed by atoms with E-state index in [4.69, 9.17) is 5.26 Å². The van der Waals surface area contributed by atoms with Gasteiger partial charge in [-0.3, -0.25) is 5.32 Å². The van der Waals surface area contributed by atoms with Crippen molar-refractivity contribution in [3.63, 3.8) is 0 Å².